The molecule has 1 N–H and O–H groups in total. The third kappa shape index (κ3) is 3.33. The molecule has 1 heterocycles. The first-order valence-corrected chi connectivity index (χ1v) is 6.66. The molecule has 1 aromatic heterocycles. The second kappa shape index (κ2) is 5.47. The van der Waals surface area contributed by atoms with Crippen molar-refractivity contribution in [3.05, 3.63) is 45.7 Å². The summed E-state index contributed by atoms with van der Waals surface area (Å²) in [6.07, 6.45) is -2.61. The van der Waals surface area contributed by atoms with E-state index in [1.165, 1.54) is 6.07 Å². The van der Waals surface area contributed by atoms with Crippen molar-refractivity contribution in [2.24, 2.45) is 7.05 Å². The van der Waals surface area contributed by atoms with Crippen LogP contribution in [0.4, 0.5) is 18.9 Å². The normalized spacial score (nSPS) is 11.7. The number of hydrogen-bond acceptors (Lipinski definition) is 2. The second-order valence-corrected chi connectivity index (χ2v) is 5.37. The van der Waals surface area contributed by atoms with E-state index in [0.29, 0.717) is 11.0 Å². The van der Waals surface area contributed by atoms with E-state index in [1.807, 2.05) is 6.92 Å². The Balaban J connectivity index is 2.23. The van der Waals surface area contributed by atoms with Gasteiger partial charge < -0.3 is 5.32 Å². The lowest BCUT2D eigenvalue weighted by Crippen LogP contribution is -2.11. The van der Waals surface area contributed by atoms with Gasteiger partial charge in [-0.15, -0.1) is 0 Å². The highest BCUT2D eigenvalue weighted by Gasteiger charge is 2.33. The molecule has 2 aromatic rings. The fraction of sp³-hybridized carbons (Fsp3) is 0.308. The minimum atomic E-state index is -4.39. The number of alkyl halides is 3. The fourth-order valence-electron chi connectivity index (χ4n) is 1.92. The van der Waals surface area contributed by atoms with Crippen LogP contribution in [0.3, 0.4) is 0 Å². The van der Waals surface area contributed by atoms with Gasteiger partial charge in [-0.05, 0) is 25.1 Å². The van der Waals surface area contributed by atoms with Crippen LogP contribution < -0.4 is 5.32 Å². The quantitative estimate of drug-likeness (QED) is 0.904. The van der Waals surface area contributed by atoms with Crippen LogP contribution in [0.1, 0.15) is 16.8 Å². The highest BCUT2D eigenvalue weighted by Crippen LogP contribution is 2.36. The SMILES string of the molecule is Cc1nn(C)cc1CNc1ccc(Br)cc1C(F)(F)F. The maximum Gasteiger partial charge on any atom is 0.418 e. The summed E-state index contributed by atoms with van der Waals surface area (Å²) in [5.41, 5.74) is 1.03. The molecule has 3 nitrogen and oxygen atoms in total. The molecule has 0 bridgehead atoms. The molecule has 108 valence electrons. The van der Waals surface area contributed by atoms with Crippen LogP contribution in [0.25, 0.3) is 0 Å². The third-order valence-electron chi connectivity index (χ3n) is 2.87. The van der Waals surface area contributed by atoms with Gasteiger partial charge in [-0.2, -0.15) is 18.3 Å². The molecule has 0 unspecified atom stereocenters. The number of anilines is 1. The standard InChI is InChI=1S/C13H13BrF3N3/c1-8-9(7-20(2)19-8)6-18-12-4-3-10(14)5-11(12)13(15,16)17/h3-5,7,18H,6H2,1-2H3. The predicted molar refractivity (Wildman–Crippen MR) is 74.4 cm³/mol. The molecule has 2 rings (SSSR count). The molecule has 0 saturated carbocycles. The lowest BCUT2D eigenvalue weighted by molar-refractivity contribution is -0.137. The van der Waals surface area contributed by atoms with Crippen molar-refractivity contribution in [3.8, 4) is 0 Å². The van der Waals surface area contributed by atoms with Crippen LogP contribution in [0.2, 0.25) is 0 Å². The molecular weight excluding hydrogens is 335 g/mol. The summed E-state index contributed by atoms with van der Waals surface area (Å²) < 4.78 is 40.9. The number of benzene rings is 1. The zero-order valence-corrected chi connectivity index (χ0v) is 12.5. The average molecular weight is 348 g/mol. The molecule has 0 amide bonds. The van der Waals surface area contributed by atoms with Gasteiger partial charge in [0.2, 0.25) is 0 Å². The molecule has 0 aliphatic heterocycles. The minimum absolute atomic E-state index is 0.0592. The summed E-state index contributed by atoms with van der Waals surface area (Å²) in [5, 5.41) is 6.98. The van der Waals surface area contributed by atoms with Gasteiger partial charge in [0.25, 0.3) is 0 Å². The van der Waals surface area contributed by atoms with Crippen LogP contribution in [0.5, 0.6) is 0 Å². The van der Waals surface area contributed by atoms with E-state index in [9.17, 15) is 13.2 Å². The van der Waals surface area contributed by atoms with Gasteiger partial charge in [0, 0.05) is 35.5 Å². The molecule has 7 heteroatoms. The van der Waals surface area contributed by atoms with Crippen LogP contribution >= 0.6 is 15.9 Å². The first kappa shape index (κ1) is 14.9. The number of aryl methyl sites for hydroxylation is 2. The molecule has 0 atom stereocenters. The Labute approximate surface area is 122 Å². The average Bonchev–Trinajstić information content (AvgIpc) is 2.65. The number of aromatic nitrogens is 2. The van der Waals surface area contributed by atoms with Gasteiger partial charge in [0.05, 0.1) is 11.3 Å². The van der Waals surface area contributed by atoms with Gasteiger partial charge in [-0.1, -0.05) is 15.9 Å². The zero-order valence-electron chi connectivity index (χ0n) is 10.9. The monoisotopic (exact) mass is 347 g/mol. The Morgan fingerprint density at radius 3 is 2.60 bits per heavy atom. The molecule has 0 aliphatic rings. The molecule has 0 aliphatic carbocycles. The Morgan fingerprint density at radius 2 is 2.05 bits per heavy atom. The molecule has 0 spiro atoms. The van der Waals surface area contributed by atoms with E-state index in [-0.39, 0.29) is 5.69 Å². The summed E-state index contributed by atoms with van der Waals surface area (Å²) in [7, 11) is 1.78. The molecule has 0 radical (unpaired) electrons. The summed E-state index contributed by atoms with van der Waals surface area (Å²) in [6.45, 7) is 2.12. The van der Waals surface area contributed by atoms with E-state index >= 15 is 0 Å². The first-order chi connectivity index (χ1) is 9.27. The number of rotatable bonds is 3. The Kier molecular flexibility index (Phi) is 4.08. The number of halogens is 4. The molecular formula is C13H13BrF3N3. The zero-order chi connectivity index (χ0) is 14.9. The van der Waals surface area contributed by atoms with Crippen molar-refractivity contribution in [2.75, 3.05) is 5.32 Å². The molecule has 20 heavy (non-hydrogen) atoms. The van der Waals surface area contributed by atoms with E-state index < -0.39 is 11.7 Å². The predicted octanol–water partition coefficient (Wildman–Crippen LogP) is 4.12. The molecule has 1 aromatic carbocycles. The Hall–Kier alpha value is -1.50. The van der Waals surface area contributed by atoms with Crippen LogP contribution in [-0.4, -0.2) is 9.78 Å². The molecule has 0 saturated heterocycles. The largest absolute Gasteiger partial charge is 0.418 e. The topological polar surface area (TPSA) is 29.9 Å². The van der Waals surface area contributed by atoms with Crippen molar-refractivity contribution in [1.82, 2.24) is 9.78 Å². The summed E-state index contributed by atoms with van der Waals surface area (Å²) in [4.78, 5) is 0. The lowest BCUT2D eigenvalue weighted by atomic mass is 10.1. The van der Waals surface area contributed by atoms with Gasteiger partial charge in [-0.3, -0.25) is 4.68 Å². The summed E-state index contributed by atoms with van der Waals surface area (Å²) >= 11 is 3.06. The van der Waals surface area contributed by atoms with Gasteiger partial charge in [0.1, 0.15) is 0 Å². The van der Waals surface area contributed by atoms with Crippen LogP contribution in [0.15, 0.2) is 28.9 Å². The van der Waals surface area contributed by atoms with E-state index in [0.717, 1.165) is 17.3 Å². The van der Waals surface area contributed by atoms with Crippen molar-refractivity contribution in [1.29, 1.82) is 0 Å². The van der Waals surface area contributed by atoms with Crippen molar-refractivity contribution in [3.63, 3.8) is 0 Å². The van der Waals surface area contributed by atoms with E-state index in [1.54, 1.807) is 24.0 Å². The second-order valence-electron chi connectivity index (χ2n) is 4.45. The highest BCUT2D eigenvalue weighted by molar-refractivity contribution is 9.10. The highest BCUT2D eigenvalue weighted by atomic mass is 79.9. The third-order valence-corrected chi connectivity index (χ3v) is 3.36. The van der Waals surface area contributed by atoms with E-state index in [2.05, 4.69) is 26.3 Å². The van der Waals surface area contributed by atoms with E-state index in [4.69, 9.17) is 0 Å². The van der Waals surface area contributed by atoms with Crippen molar-refractivity contribution >= 4 is 21.6 Å². The first-order valence-electron chi connectivity index (χ1n) is 5.87. The summed E-state index contributed by atoms with van der Waals surface area (Å²) in [5.74, 6) is 0. The molecule has 0 fully saturated rings. The minimum Gasteiger partial charge on any atom is -0.380 e. The van der Waals surface area contributed by atoms with Crippen molar-refractivity contribution in [2.45, 2.75) is 19.6 Å². The Bertz CT molecular complexity index is 620. The van der Waals surface area contributed by atoms with Crippen molar-refractivity contribution < 1.29 is 13.2 Å². The number of nitrogens with zero attached hydrogens (tertiary/aromatic N) is 2. The van der Waals surface area contributed by atoms with Gasteiger partial charge in [-0.25, -0.2) is 0 Å². The number of nitrogens with one attached hydrogen (secondary N) is 1. The fourth-order valence-corrected chi connectivity index (χ4v) is 2.28. The number of hydrogen-bond donors (Lipinski definition) is 1. The van der Waals surface area contributed by atoms with Crippen LogP contribution in [-0.2, 0) is 19.8 Å². The van der Waals surface area contributed by atoms with Gasteiger partial charge >= 0.3 is 6.18 Å². The summed E-state index contributed by atoms with van der Waals surface area (Å²) in [6, 6.07) is 4.06. The maximum absolute atomic E-state index is 13.0. The van der Waals surface area contributed by atoms with Crippen LogP contribution in [0, 0.1) is 6.92 Å². The Morgan fingerprint density at radius 1 is 1.35 bits per heavy atom. The van der Waals surface area contributed by atoms with Gasteiger partial charge in [0.15, 0.2) is 0 Å². The maximum atomic E-state index is 13.0. The smallest absolute Gasteiger partial charge is 0.380 e. The lowest BCUT2D eigenvalue weighted by Gasteiger charge is -2.14.